The quantitative estimate of drug-likeness (QED) is 0.850. The highest BCUT2D eigenvalue weighted by molar-refractivity contribution is 6.33. The summed E-state index contributed by atoms with van der Waals surface area (Å²) in [6.45, 7) is 0. The van der Waals surface area contributed by atoms with Gasteiger partial charge in [-0.2, -0.15) is 0 Å². The van der Waals surface area contributed by atoms with Crippen molar-refractivity contribution in [1.82, 2.24) is 0 Å². The van der Waals surface area contributed by atoms with Gasteiger partial charge in [0, 0.05) is 12.0 Å². The molecule has 0 aliphatic heterocycles. The van der Waals surface area contributed by atoms with E-state index in [1.165, 1.54) is 0 Å². The predicted octanol–water partition coefficient (Wildman–Crippen LogP) is 3.41. The molecule has 2 rings (SSSR count). The number of ketones is 1. The minimum Gasteiger partial charge on any atom is -0.481 e. The molecule has 0 spiro atoms. The SMILES string of the molecule is O=C(C[C@H]1CC[C@@H](C(=O)O)C1)c1ccccc1Cl. The molecule has 0 bridgehead atoms. The van der Waals surface area contributed by atoms with Crippen molar-refractivity contribution in [2.45, 2.75) is 25.7 Å². The molecule has 96 valence electrons. The second-order valence-corrected chi connectivity index (χ2v) is 5.23. The van der Waals surface area contributed by atoms with Crippen LogP contribution in [0.4, 0.5) is 0 Å². The van der Waals surface area contributed by atoms with Crippen LogP contribution in [-0.2, 0) is 4.79 Å². The van der Waals surface area contributed by atoms with Gasteiger partial charge in [0.15, 0.2) is 5.78 Å². The van der Waals surface area contributed by atoms with Gasteiger partial charge in [-0.3, -0.25) is 9.59 Å². The van der Waals surface area contributed by atoms with Crippen molar-refractivity contribution in [2.24, 2.45) is 11.8 Å². The first-order valence-electron chi connectivity index (χ1n) is 6.08. The molecule has 1 fully saturated rings. The van der Waals surface area contributed by atoms with Crippen molar-refractivity contribution in [1.29, 1.82) is 0 Å². The number of benzene rings is 1. The van der Waals surface area contributed by atoms with E-state index in [1.54, 1.807) is 24.3 Å². The van der Waals surface area contributed by atoms with Crippen LogP contribution >= 0.6 is 11.6 Å². The van der Waals surface area contributed by atoms with Crippen molar-refractivity contribution >= 4 is 23.4 Å². The molecule has 0 unspecified atom stereocenters. The average molecular weight is 267 g/mol. The Labute approximate surface area is 111 Å². The van der Waals surface area contributed by atoms with Crippen molar-refractivity contribution < 1.29 is 14.7 Å². The number of hydrogen-bond acceptors (Lipinski definition) is 2. The number of halogens is 1. The predicted molar refractivity (Wildman–Crippen MR) is 68.9 cm³/mol. The van der Waals surface area contributed by atoms with Crippen LogP contribution in [0.15, 0.2) is 24.3 Å². The highest BCUT2D eigenvalue weighted by Crippen LogP contribution is 2.34. The third kappa shape index (κ3) is 2.91. The Balaban J connectivity index is 1.97. The Hall–Kier alpha value is -1.35. The topological polar surface area (TPSA) is 54.4 Å². The van der Waals surface area contributed by atoms with Crippen LogP contribution in [0.3, 0.4) is 0 Å². The maximum atomic E-state index is 12.1. The fourth-order valence-corrected chi connectivity index (χ4v) is 2.79. The fraction of sp³-hybridized carbons (Fsp3) is 0.429. The van der Waals surface area contributed by atoms with Gasteiger partial charge in [-0.15, -0.1) is 0 Å². The van der Waals surface area contributed by atoms with Crippen LogP contribution < -0.4 is 0 Å². The molecule has 1 aliphatic carbocycles. The molecule has 0 aromatic heterocycles. The van der Waals surface area contributed by atoms with Crippen LogP contribution in [-0.4, -0.2) is 16.9 Å². The van der Waals surface area contributed by atoms with Gasteiger partial charge in [-0.05, 0) is 37.3 Å². The van der Waals surface area contributed by atoms with E-state index in [4.69, 9.17) is 16.7 Å². The summed E-state index contributed by atoms with van der Waals surface area (Å²) in [6.07, 6.45) is 2.49. The second-order valence-electron chi connectivity index (χ2n) is 4.82. The van der Waals surface area contributed by atoms with E-state index in [9.17, 15) is 9.59 Å². The lowest BCUT2D eigenvalue weighted by atomic mass is 9.96. The van der Waals surface area contributed by atoms with E-state index in [1.807, 2.05) is 0 Å². The van der Waals surface area contributed by atoms with Gasteiger partial charge in [0.2, 0.25) is 0 Å². The molecule has 0 saturated heterocycles. The molecule has 1 aliphatic rings. The molecule has 2 atom stereocenters. The molecule has 4 heteroatoms. The zero-order chi connectivity index (χ0) is 13.1. The Morgan fingerprint density at radius 3 is 2.61 bits per heavy atom. The van der Waals surface area contributed by atoms with Gasteiger partial charge in [-0.1, -0.05) is 23.7 Å². The van der Waals surface area contributed by atoms with E-state index in [-0.39, 0.29) is 17.6 Å². The fourth-order valence-electron chi connectivity index (χ4n) is 2.54. The normalized spacial score (nSPS) is 22.9. The minimum absolute atomic E-state index is 0.0108. The number of Topliss-reactive ketones (excluding diaryl/α,β-unsaturated/α-hetero) is 1. The van der Waals surface area contributed by atoms with E-state index >= 15 is 0 Å². The van der Waals surface area contributed by atoms with Gasteiger partial charge in [0.1, 0.15) is 0 Å². The van der Waals surface area contributed by atoms with Crippen molar-refractivity contribution in [2.75, 3.05) is 0 Å². The van der Waals surface area contributed by atoms with Crippen molar-refractivity contribution in [3.63, 3.8) is 0 Å². The van der Waals surface area contributed by atoms with Crippen LogP contribution in [0.5, 0.6) is 0 Å². The van der Waals surface area contributed by atoms with Gasteiger partial charge < -0.3 is 5.11 Å². The van der Waals surface area contributed by atoms with E-state index in [0.717, 1.165) is 6.42 Å². The summed E-state index contributed by atoms with van der Waals surface area (Å²) < 4.78 is 0. The number of hydrogen-bond donors (Lipinski definition) is 1. The molecule has 1 N–H and O–H groups in total. The van der Waals surface area contributed by atoms with Crippen LogP contribution in [0.2, 0.25) is 5.02 Å². The highest BCUT2D eigenvalue weighted by Gasteiger charge is 2.31. The number of rotatable bonds is 4. The monoisotopic (exact) mass is 266 g/mol. The molecule has 1 aromatic rings. The smallest absolute Gasteiger partial charge is 0.306 e. The lowest BCUT2D eigenvalue weighted by Crippen LogP contribution is -2.11. The molecule has 1 saturated carbocycles. The second kappa shape index (κ2) is 5.53. The van der Waals surface area contributed by atoms with E-state index < -0.39 is 5.97 Å². The minimum atomic E-state index is -0.748. The maximum Gasteiger partial charge on any atom is 0.306 e. The summed E-state index contributed by atoms with van der Waals surface area (Å²) in [5.41, 5.74) is 0.540. The van der Waals surface area contributed by atoms with E-state index in [0.29, 0.717) is 29.8 Å². The Morgan fingerprint density at radius 1 is 1.28 bits per heavy atom. The summed E-state index contributed by atoms with van der Waals surface area (Å²) in [5, 5.41) is 9.39. The molecule has 3 nitrogen and oxygen atoms in total. The molecular formula is C14H15ClO3. The number of aliphatic carboxylic acids is 1. The lowest BCUT2D eigenvalue weighted by molar-refractivity contribution is -0.141. The summed E-state index contributed by atoms with van der Waals surface area (Å²) >= 11 is 5.97. The molecule has 0 heterocycles. The number of carboxylic acids is 1. The number of carbonyl (C=O) groups excluding carboxylic acids is 1. The third-order valence-electron chi connectivity index (χ3n) is 3.54. The first-order valence-corrected chi connectivity index (χ1v) is 6.46. The Bertz CT molecular complexity index is 470. The lowest BCUT2D eigenvalue weighted by Gasteiger charge is -2.09. The van der Waals surface area contributed by atoms with Crippen LogP contribution in [0.25, 0.3) is 0 Å². The van der Waals surface area contributed by atoms with Gasteiger partial charge >= 0.3 is 5.97 Å². The largest absolute Gasteiger partial charge is 0.481 e. The highest BCUT2D eigenvalue weighted by atomic mass is 35.5. The molecule has 18 heavy (non-hydrogen) atoms. The summed E-state index contributed by atoms with van der Waals surface area (Å²) in [4.78, 5) is 22.9. The standard InChI is InChI=1S/C14H15ClO3/c15-12-4-2-1-3-11(12)13(16)8-9-5-6-10(7-9)14(17)18/h1-4,9-10H,5-8H2,(H,17,18)/t9-,10+/m0/s1. The molecule has 1 aromatic carbocycles. The number of carboxylic acid groups (broad SMARTS) is 1. The van der Waals surface area contributed by atoms with Gasteiger partial charge in [-0.25, -0.2) is 0 Å². The first-order chi connectivity index (χ1) is 8.58. The van der Waals surface area contributed by atoms with Crippen LogP contribution in [0, 0.1) is 11.8 Å². The maximum absolute atomic E-state index is 12.1. The van der Waals surface area contributed by atoms with Crippen molar-refractivity contribution in [3.05, 3.63) is 34.9 Å². The third-order valence-corrected chi connectivity index (χ3v) is 3.87. The zero-order valence-electron chi connectivity index (χ0n) is 9.93. The van der Waals surface area contributed by atoms with Crippen molar-refractivity contribution in [3.8, 4) is 0 Å². The van der Waals surface area contributed by atoms with Gasteiger partial charge in [0.25, 0.3) is 0 Å². The Morgan fingerprint density at radius 2 is 2.00 bits per heavy atom. The molecular weight excluding hydrogens is 252 g/mol. The summed E-state index contributed by atoms with van der Waals surface area (Å²) in [7, 11) is 0. The molecule has 0 amide bonds. The number of carbonyl (C=O) groups is 2. The van der Waals surface area contributed by atoms with Crippen LogP contribution in [0.1, 0.15) is 36.0 Å². The zero-order valence-corrected chi connectivity index (χ0v) is 10.7. The summed E-state index contributed by atoms with van der Waals surface area (Å²) in [5.74, 6) is -0.844. The molecule has 0 radical (unpaired) electrons. The average Bonchev–Trinajstić information content (AvgIpc) is 2.78. The summed E-state index contributed by atoms with van der Waals surface area (Å²) in [6, 6.07) is 6.99. The first kappa shape index (κ1) is 13.1. The van der Waals surface area contributed by atoms with Gasteiger partial charge in [0.05, 0.1) is 10.9 Å². The Kier molecular flexibility index (Phi) is 4.02. The van der Waals surface area contributed by atoms with E-state index in [2.05, 4.69) is 0 Å².